The minimum Gasteiger partial charge on any atom is -0.488 e. The fraction of sp³-hybridized carbons (Fsp3) is 0.0333. The monoisotopic (exact) mass is 505 g/mol. The number of rotatable bonds is 6. The molecule has 0 saturated heterocycles. The van der Waals surface area contributed by atoms with E-state index in [2.05, 4.69) is 5.10 Å². The highest BCUT2D eigenvalue weighted by molar-refractivity contribution is 6.30. The Morgan fingerprint density at radius 1 is 0.919 bits per heavy atom. The first kappa shape index (κ1) is 22.8. The number of aromatic nitrogens is 2. The van der Waals surface area contributed by atoms with Crippen LogP contribution in [0, 0.1) is 0 Å². The van der Waals surface area contributed by atoms with Crippen LogP contribution < -0.4 is 10.3 Å². The Balaban J connectivity index is 1.45. The van der Waals surface area contributed by atoms with Gasteiger partial charge in [0.25, 0.3) is 5.56 Å². The van der Waals surface area contributed by atoms with Crippen molar-refractivity contribution in [2.45, 2.75) is 6.61 Å². The molecule has 4 aromatic carbocycles. The van der Waals surface area contributed by atoms with Gasteiger partial charge >= 0.3 is 0 Å². The van der Waals surface area contributed by atoms with Crippen molar-refractivity contribution in [3.8, 4) is 17.3 Å². The summed E-state index contributed by atoms with van der Waals surface area (Å²) in [6, 6.07) is 31.8. The van der Waals surface area contributed by atoms with Gasteiger partial charge < -0.3 is 9.15 Å². The molecule has 6 nitrogen and oxygen atoms in total. The van der Waals surface area contributed by atoms with Crippen molar-refractivity contribution < 1.29 is 9.15 Å². The van der Waals surface area contributed by atoms with E-state index in [9.17, 15) is 4.79 Å². The lowest BCUT2D eigenvalue weighted by Crippen LogP contribution is -2.20. The summed E-state index contributed by atoms with van der Waals surface area (Å²) in [6.45, 7) is 0.380. The first-order valence-electron chi connectivity index (χ1n) is 11.7. The van der Waals surface area contributed by atoms with Gasteiger partial charge in [0.15, 0.2) is 5.76 Å². The molecule has 0 N–H and O–H groups in total. The molecule has 6 aromatic rings. The summed E-state index contributed by atoms with van der Waals surface area (Å²) in [5, 5.41) is 6.43. The predicted octanol–water partition coefficient (Wildman–Crippen LogP) is 6.92. The zero-order valence-corrected chi connectivity index (χ0v) is 20.3. The van der Waals surface area contributed by atoms with Crippen molar-refractivity contribution >= 4 is 39.7 Å². The van der Waals surface area contributed by atoms with Crippen LogP contribution in [0.2, 0.25) is 5.02 Å². The summed E-state index contributed by atoms with van der Waals surface area (Å²) in [4.78, 5) is 18.3. The normalized spacial score (nSPS) is 11.5. The van der Waals surface area contributed by atoms with Crippen LogP contribution >= 0.6 is 11.6 Å². The second-order valence-electron chi connectivity index (χ2n) is 8.42. The zero-order chi connectivity index (χ0) is 25.2. The summed E-state index contributed by atoms with van der Waals surface area (Å²) >= 11 is 6.28. The van der Waals surface area contributed by atoms with Crippen molar-refractivity contribution in [2.75, 3.05) is 0 Å². The lowest BCUT2D eigenvalue weighted by atomic mass is 10.2. The third-order valence-electron chi connectivity index (χ3n) is 5.92. The molecular formula is C30H20ClN3O3. The number of halogens is 1. The van der Waals surface area contributed by atoms with E-state index in [4.69, 9.17) is 25.7 Å². The number of para-hydroxylation sites is 2. The average Bonchev–Trinajstić information content (AvgIpc) is 3.37. The Bertz CT molecular complexity index is 1790. The standard InChI is InChI=1S/C30H20ClN3O3/c31-23-14-15-26(36-19-20-8-2-1-3-9-20)22(16-23)18-32-34-29(28-17-21-10-4-7-13-27(21)37-28)33-25-12-6-5-11-24(25)30(34)35/h1-18H,19H2. The van der Waals surface area contributed by atoms with Gasteiger partial charge in [0.05, 0.1) is 17.1 Å². The Morgan fingerprint density at radius 3 is 2.57 bits per heavy atom. The molecule has 0 saturated carbocycles. The summed E-state index contributed by atoms with van der Waals surface area (Å²) in [6.07, 6.45) is 1.55. The van der Waals surface area contributed by atoms with E-state index < -0.39 is 0 Å². The molecule has 0 bridgehead atoms. The highest BCUT2D eigenvalue weighted by Crippen LogP contribution is 2.27. The molecule has 0 amide bonds. The van der Waals surface area contributed by atoms with Crippen LogP contribution in [0.5, 0.6) is 5.75 Å². The van der Waals surface area contributed by atoms with Gasteiger partial charge in [-0.05, 0) is 48.0 Å². The van der Waals surface area contributed by atoms with E-state index in [0.717, 1.165) is 10.9 Å². The van der Waals surface area contributed by atoms with E-state index >= 15 is 0 Å². The second-order valence-corrected chi connectivity index (χ2v) is 8.86. The van der Waals surface area contributed by atoms with Crippen molar-refractivity contribution in [2.24, 2.45) is 5.10 Å². The minimum atomic E-state index is -0.314. The fourth-order valence-corrected chi connectivity index (χ4v) is 4.27. The Labute approximate surface area is 217 Å². The second kappa shape index (κ2) is 9.76. The van der Waals surface area contributed by atoms with Gasteiger partial charge in [-0.25, -0.2) is 4.98 Å². The molecule has 0 radical (unpaired) electrons. The van der Waals surface area contributed by atoms with Crippen LogP contribution in [0.25, 0.3) is 33.5 Å². The molecule has 180 valence electrons. The SMILES string of the molecule is O=c1c2ccccc2nc(-c2cc3ccccc3o2)n1N=Cc1cc(Cl)ccc1OCc1ccccc1. The molecule has 0 atom stereocenters. The van der Waals surface area contributed by atoms with Gasteiger partial charge in [-0.2, -0.15) is 9.78 Å². The van der Waals surface area contributed by atoms with Crippen LogP contribution in [0.1, 0.15) is 11.1 Å². The van der Waals surface area contributed by atoms with E-state index in [1.165, 1.54) is 4.68 Å². The van der Waals surface area contributed by atoms with Gasteiger partial charge in [-0.3, -0.25) is 4.79 Å². The molecule has 2 aromatic heterocycles. The lowest BCUT2D eigenvalue weighted by Gasteiger charge is -2.10. The maximum absolute atomic E-state index is 13.5. The molecule has 0 fully saturated rings. The van der Waals surface area contributed by atoms with Gasteiger partial charge in [0.2, 0.25) is 5.82 Å². The van der Waals surface area contributed by atoms with Crippen molar-refractivity contribution in [1.29, 1.82) is 0 Å². The summed E-state index contributed by atoms with van der Waals surface area (Å²) in [5.41, 5.74) is 2.60. The number of furan rings is 1. The van der Waals surface area contributed by atoms with Gasteiger partial charge in [0.1, 0.15) is 17.9 Å². The van der Waals surface area contributed by atoms with Crippen LogP contribution in [-0.4, -0.2) is 15.9 Å². The van der Waals surface area contributed by atoms with Crippen LogP contribution in [0.4, 0.5) is 0 Å². The largest absolute Gasteiger partial charge is 0.488 e. The van der Waals surface area contributed by atoms with E-state index in [-0.39, 0.29) is 5.56 Å². The number of hydrogen-bond acceptors (Lipinski definition) is 5. The molecular weight excluding hydrogens is 486 g/mol. The van der Waals surface area contributed by atoms with Crippen molar-refractivity contribution in [1.82, 2.24) is 9.66 Å². The van der Waals surface area contributed by atoms with Gasteiger partial charge in [-0.15, -0.1) is 0 Å². The van der Waals surface area contributed by atoms with Crippen LogP contribution in [0.3, 0.4) is 0 Å². The Morgan fingerprint density at radius 2 is 1.70 bits per heavy atom. The minimum absolute atomic E-state index is 0.296. The van der Waals surface area contributed by atoms with Gasteiger partial charge in [-0.1, -0.05) is 72.3 Å². The van der Waals surface area contributed by atoms with Crippen LogP contribution in [-0.2, 0) is 6.61 Å². The van der Waals surface area contributed by atoms with Gasteiger partial charge in [0, 0.05) is 16.0 Å². The fourth-order valence-electron chi connectivity index (χ4n) is 4.09. The topological polar surface area (TPSA) is 69.6 Å². The molecule has 0 aliphatic heterocycles. The zero-order valence-electron chi connectivity index (χ0n) is 19.5. The lowest BCUT2D eigenvalue weighted by molar-refractivity contribution is 0.306. The number of fused-ring (bicyclic) bond motifs is 2. The van der Waals surface area contributed by atoms with Crippen molar-refractivity contribution in [3.63, 3.8) is 0 Å². The molecule has 0 aliphatic rings. The molecule has 6 rings (SSSR count). The molecule has 0 spiro atoms. The maximum atomic E-state index is 13.5. The highest BCUT2D eigenvalue weighted by Gasteiger charge is 2.16. The summed E-state index contributed by atoms with van der Waals surface area (Å²) in [7, 11) is 0. The average molecular weight is 506 g/mol. The number of benzene rings is 4. The number of hydrogen-bond donors (Lipinski definition) is 0. The molecule has 0 unspecified atom stereocenters. The summed E-state index contributed by atoms with van der Waals surface area (Å²) in [5.74, 6) is 1.32. The molecule has 7 heteroatoms. The number of nitrogens with zero attached hydrogens (tertiary/aromatic N) is 3. The molecule has 0 aliphatic carbocycles. The maximum Gasteiger partial charge on any atom is 0.282 e. The van der Waals surface area contributed by atoms with E-state index in [1.807, 2.05) is 66.7 Å². The summed E-state index contributed by atoms with van der Waals surface area (Å²) < 4.78 is 13.3. The Hall–Kier alpha value is -4.68. The van der Waals surface area contributed by atoms with E-state index in [1.54, 1.807) is 42.6 Å². The van der Waals surface area contributed by atoms with E-state index in [0.29, 0.717) is 51.0 Å². The van der Waals surface area contributed by atoms with Crippen molar-refractivity contribution in [3.05, 3.63) is 130 Å². The third kappa shape index (κ3) is 4.62. The smallest absolute Gasteiger partial charge is 0.282 e. The van der Waals surface area contributed by atoms with Crippen LogP contribution in [0.15, 0.2) is 117 Å². The molecule has 2 heterocycles. The number of ether oxygens (including phenoxy) is 1. The first-order valence-corrected chi connectivity index (χ1v) is 12.0. The highest BCUT2D eigenvalue weighted by atomic mass is 35.5. The quantitative estimate of drug-likeness (QED) is 0.230. The third-order valence-corrected chi connectivity index (χ3v) is 6.16. The first-order chi connectivity index (χ1) is 18.2. The molecule has 37 heavy (non-hydrogen) atoms. The Kier molecular flexibility index (Phi) is 6.00. The predicted molar refractivity (Wildman–Crippen MR) is 146 cm³/mol.